The molecule has 1 N–H and O–H groups in total. The van der Waals surface area contributed by atoms with Crippen LogP contribution in [-0.4, -0.2) is 44.8 Å². The van der Waals surface area contributed by atoms with Crippen molar-refractivity contribution < 1.29 is 22.1 Å². The normalized spacial score (nSPS) is 16.3. The molecule has 1 aliphatic carbocycles. The first-order valence-corrected chi connectivity index (χ1v) is 11.7. The number of hydrogen-bond acceptors (Lipinski definition) is 5. The number of methoxy groups -OCH3 is 1. The van der Waals surface area contributed by atoms with Crippen LogP contribution in [0.4, 0.5) is 4.79 Å². The fraction of sp³-hybridized carbons (Fsp3) is 0.650. The molecule has 1 atom stereocenters. The fourth-order valence-corrected chi connectivity index (χ4v) is 3.85. The average molecular weight is 413 g/mol. The lowest BCUT2D eigenvalue weighted by molar-refractivity contribution is 0.166. The Morgan fingerprint density at radius 1 is 1.25 bits per heavy atom. The molecule has 1 saturated carbocycles. The number of benzene rings is 1. The maximum atomic E-state index is 12.9. The van der Waals surface area contributed by atoms with Gasteiger partial charge in [0.15, 0.2) is 11.5 Å². The van der Waals surface area contributed by atoms with Gasteiger partial charge in [-0.2, -0.15) is 8.42 Å². The van der Waals surface area contributed by atoms with E-state index in [0.29, 0.717) is 12.3 Å². The molecule has 1 aliphatic rings. The van der Waals surface area contributed by atoms with E-state index in [1.165, 1.54) is 13.5 Å². The number of carbonyl (C=O) groups excluding carboxylic acids is 1. The van der Waals surface area contributed by atoms with Gasteiger partial charge in [-0.25, -0.2) is 4.79 Å². The van der Waals surface area contributed by atoms with E-state index >= 15 is 0 Å². The summed E-state index contributed by atoms with van der Waals surface area (Å²) in [5.41, 5.74) is 0.776. The molecule has 1 fully saturated rings. The Labute approximate surface area is 168 Å². The van der Waals surface area contributed by atoms with Crippen molar-refractivity contribution in [2.45, 2.75) is 71.0 Å². The molecule has 0 aliphatic heterocycles. The summed E-state index contributed by atoms with van der Waals surface area (Å²) in [4.78, 5) is 14.7. The predicted octanol–water partition coefficient (Wildman–Crippen LogP) is 3.68. The van der Waals surface area contributed by atoms with Crippen LogP contribution in [0.2, 0.25) is 0 Å². The van der Waals surface area contributed by atoms with Crippen LogP contribution in [0, 0.1) is 0 Å². The fourth-order valence-electron chi connectivity index (χ4n) is 3.40. The van der Waals surface area contributed by atoms with Crippen LogP contribution in [0.3, 0.4) is 0 Å². The minimum atomic E-state index is -3.68. The number of hydrogen-bond donors (Lipinski definition) is 1. The van der Waals surface area contributed by atoms with E-state index in [1.807, 2.05) is 19.9 Å². The molecule has 158 valence electrons. The number of urea groups is 1. The van der Waals surface area contributed by atoms with Crippen molar-refractivity contribution in [2.24, 2.45) is 0 Å². The molecular formula is C20H32N2O5S. The number of nitrogens with zero attached hydrogens (tertiary/aromatic N) is 1. The van der Waals surface area contributed by atoms with Gasteiger partial charge >= 0.3 is 16.1 Å². The predicted molar refractivity (Wildman–Crippen MR) is 109 cm³/mol. The van der Waals surface area contributed by atoms with Crippen molar-refractivity contribution in [3.05, 3.63) is 23.8 Å². The maximum absolute atomic E-state index is 12.9. The summed E-state index contributed by atoms with van der Waals surface area (Å²) in [6, 6.07) is 5.28. The maximum Gasteiger partial charge on any atom is 0.318 e. The largest absolute Gasteiger partial charge is 0.493 e. The summed E-state index contributed by atoms with van der Waals surface area (Å²) in [7, 11) is -2.23. The van der Waals surface area contributed by atoms with Crippen molar-refractivity contribution in [3.63, 3.8) is 0 Å². The van der Waals surface area contributed by atoms with Crippen LogP contribution in [0.15, 0.2) is 18.2 Å². The van der Waals surface area contributed by atoms with E-state index < -0.39 is 10.1 Å². The quantitative estimate of drug-likeness (QED) is 0.659. The highest BCUT2D eigenvalue weighted by atomic mass is 32.2. The molecule has 28 heavy (non-hydrogen) atoms. The lowest BCUT2D eigenvalue weighted by Crippen LogP contribution is -2.48. The Bertz CT molecular complexity index is 760. The monoisotopic (exact) mass is 412 g/mol. The lowest BCUT2D eigenvalue weighted by Gasteiger charge is -2.32. The zero-order chi connectivity index (χ0) is 20.7. The van der Waals surface area contributed by atoms with Crippen LogP contribution in [0.25, 0.3) is 0 Å². The van der Waals surface area contributed by atoms with Crippen LogP contribution in [0.5, 0.6) is 11.5 Å². The van der Waals surface area contributed by atoms with E-state index in [1.54, 1.807) is 17.0 Å². The second-order valence-corrected chi connectivity index (χ2v) is 9.02. The molecule has 8 heteroatoms. The van der Waals surface area contributed by atoms with Crippen LogP contribution in [-0.2, 0) is 16.7 Å². The highest BCUT2D eigenvalue weighted by Gasteiger charge is 2.24. The number of carbonyl (C=O) groups is 1. The van der Waals surface area contributed by atoms with Gasteiger partial charge in [-0.1, -0.05) is 32.3 Å². The lowest BCUT2D eigenvalue weighted by atomic mass is 9.96. The first-order chi connectivity index (χ1) is 13.2. The standard InChI is InChI=1S/C20H32N2O5S/c1-5-15(2)22(20(23)21-17-9-7-6-8-10-17)14-16-11-12-18(26-3)19(13-16)27-28(4,24)25/h11-13,15,17H,5-10,14H2,1-4H3,(H,21,23)/t15-/m1/s1. The minimum Gasteiger partial charge on any atom is -0.493 e. The van der Waals surface area contributed by atoms with Gasteiger partial charge in [-0.15, -0.1) is 0 Å². The molecule has 0 bridgehead atoms. The summed E-state index contributed by atoms with van der Waals surface area (Å²) in [5.74, 6) is 0.454. The Hall–Kier alpha value is -1.96. The van der Waals surface area contributed by atoms with E-state index in [-0.39, 0.29) is 23.9 Å². The third-order valence-corrected chi connectivity index (χ3v) is 5.62. The smallest absolute Gasteiger partial charge is 0.318 e. The number of nitrogens with one attached hydrogen (secondary N) is 1. The highest BCUT2D eigenvalue weighted by molar-refractivity contribution is 7.86. The van der Waals surface area contributed by atoms with Crippen LogP contribution >= 0.6 is 0 Å². The third-order valence-electron chi connectivity index (χ3n) is 5.14. The van der Waals surface area contributed by atoms with Gasteiger partial charge in [0, 0.05) is 18.6 Å². The van der Waals surface area contributed by atoms with Crippen LogP contribution < -0.4 is 14.2 Å². The summed E-state index contributed by atoms with van der Waals surface area (Å²) in [6.07, 6.45) is 7.39. The first-order valence-electron chi connectivity index (χ1n) is 9.87. The molecule has 2 rings (SSSR count). The van der Waals surface area contributed by atoms with E-state index in [0.717, 1.165) is 43.9 Å². The van der Waals surface area contributed by atoms with Gasteiger partial charge in [-0.05, 0) is 43.9 Å². The zero-order valence-electron chi connectivity index (χ0n) is 17.2. The molecule has 1 aromatic rings. The van der Waals surface area contributed by atoms with Gasteiger partial charge in [0.2, 0.25) is 0 Å². The second kappa shape index (κ2) is 10.0. The highest BCUT2D eigenvalue weighted by Crippen LogP contribution is 2.30. The van der Waals surface area contributed by atoms with E-state index in [4.69, 9.17) is 8.92 Å². The molecule has 0 aromatic heterocycles. The summed E-state index contributed by atoms with van der Waals surface area (Å²) in [6.45, 7) is 4.41. The molecule has 7 nitrogen and oxygen atoms in total. The Morgan fingerprint density at radius 2 is 1.93 bits per heavy atom. The number of amides is 2. The molecule has 0 heterocycles. The van der Waals surface area contributed by atoms with Gasteiger partial charge in [0.25, 0.3) is 0 Å². The summed E-state index contributed by atoms with van der Waals surface area (Å²) < 4.78 is 33.3. The topological polar surface area (TPSA) is 84.9 Å². The summed E-state index contributed by atoms with van der Waals surface area (Å²) in [5, 5.41) is 3.17. The number of ether oxygens (including phenoxy) is 1. The minimum absolute atomic E-state index is 0.0463. The zero-order valence-corrected chi connectivity index (χ0v) is 18.0. The van der Waals surface area contributed by atoms with Crippen molar-refractivity contribution in [2.75, 3.05) is 13.4 Å². The first kappa shape index (κ1) is 22.3. The second-order valence-electron chi connectivity index (χ2n) is 7.44. The van der Waals surface area contributed by atoms with Gasteiger partial charge in [0.05, 0.1) is 13.4 Å². The van der Waals surface area contributed by atoms with E-state index in [9.17, 15) is 13.2 Å². The van der Waals surface area contributed by atoms with Gasteiger partial charge in [0.1, 0.15) is 0 Å². The van der Waals surface area contributed by atoms with Crippen molar-refractivity contribution >= 4 is 16.1 Å². The van der Waals surface area contributed by atoms with Gasteiger partial charge < -0.3 is 19.1 Å². The Kier molecular flexibility index (Phi) is 7.98. The number of rotatable bonds is 8. The molecular weight excluding hydrogens is 380 g/mol. The Morgan fingerprint density at radius 3 is 2.50 bits per heavy atom. The molecule has 0 saturated heterocycles. The van der Waals surface area contributed by atoms with Gasteiger partial charge in [-0.3, -0.25) is 0 Å². The molecule has 0 unspecified atom stereocenters. The molecule has 2 amide bonds. The SMILES string of the molecule is CC[C@@H](C)N(Cc1ccc(OC)c(OS(C)(=O)=O)c1)C(=O)NC1CCCCC1. The Balaban J connectivity index is 2.18. The van der Waals surface area contributed by atoms with Crippen molar-refractivity contribution in [3.8, 4) is 11.5 Å². The third kappa shape index (κ3) is 6.58. The average Bonchev–Trinajstić information content (AvgIpc) is 2.65. The summed E-state index contributed by atoms with van der Waals surface area (Å²) >= 11 is 0. The van der Waals surface area contributed by atoms with E-state index in [2.05, 4.69) is 5.32 Å². The van der Waals surface area contributed by atoms with Crippen molar-refractivity contribution in [1.82, 2.24) is 10.2 Å². The van der Waals surface area contributed by atoms with Crippen molar-refractivity contribution in [1.29, 1.82) is 0 Å². The van der Waals surface area contributed by atoms with Crippen LogP contribution in [0.1, 0.15) is 57.9 Å². The molecule has 0 radical (unpaired) electrons. The molecule has 1 aromatic carbocycles. The molecule has 0 spiro atoms.